The number of nitrogens with zero attached hydrogens (tertiary/aromatic N) is 1. The average molecular weight is 271 g/mol. The number of likely N-dealkylation sites (tertiary alicyclic amines) is 1. The lowest BCUT2D eigenvalue weighted by Crippen LogP contribution is -2.55. The number of rotatable bonds is 2. The summed E-state index contributed by atoms with van der Waals surface area (Å²) in [5.74, 6) is -0.0466. The van der Waals surface area contributed by atoms with Gasteiger partial charge >= 0.3 is 0 Å². The van der Waals surface area contributed by atoms with Crippen LogP contribution in [0.3, 0.4) is 0 Å². The molecular weight excluding hydrogens is 250 g/mol. The minimum absolute atomic E-state index is 0.0261. The molecular formula is C17H21NO2. The number of amides is 1. The Labute approximate surface area is 120 Å². The topological polar surface area (TPSA) is 37.4 Å². The fourth-order valence-corrected chi connectivity index (χ4v) is 2.65. The van der Waals surface area contributed by atoms with Gasteiger partial charge in [-0.3, -0.25) is 9.59 Å². The lowest BCUT2D eigenvalue weighted by molar-refractivity contribution is -0.146. The van der Waals surface area contributed by atoms with Crippen molar-refractivity contribution in [2.45, 2.75) is 45.2 Å². The molecule has 0 bridgehead atoms. The molecule has 0 unspecified atom stereocenters. The zero-order valence-corrected chi connectivity index (χ0v) is 12.3. The van der Waals surface area contributed by atoms with Crippen LogP contribution in [-0.2, 0) is 9.59 Å². The zero-order valence-electron chi connectivity index (χ0n) is 12.3. The molecule has 0 saturated carbocycles. The first-order chi connectivity index (χ1) is 9.38. The van der Waals surface area contributed by atoms with Crippen molar-refractivity contribution < 1.29 is 9.59 Å². The number of hydrogen-bond donors (Lipinski definition) is 0. The van der Waals surface area contributed by atoms with E-state index in [4.69, 9.17) is 0 Å². The third-order valence-electron chi connectivity index (χ3n) is 3.42. The Balaban J connectivity index is 2.24. The first-order valence-electron chi connectivity index (χ1n) is 6.95. The highest BCUT2D eigenvalue weighted by molar-refractivity contribution is 6.01. The van der Waals surface area contributed by atoms with Crippen molar-refractivity contribution in [1.82, 2.24) is 4.90 Å². The van der Waals surface area contributed by atoms with E-state index < -0.39 is 0 Å². The van der Waals surface area contributed by atoms with Crippen molar-refractivity contribution in [1.29, 1.82) is 0 Å². The van der Waals surface area contributed by atoms with E-state index in [9.17, 15) is 9.59 Å². The van der Waals surface area contributed by atoms with E-state index >= 15 is 0 Å². The Hall–Kier alpha value is -1.90. The molecule has 3 nitrogen and oxygen atoms in total. The number of Topliss-reactive ketones (excluding diaryl/α,β-unsaturated/α-hetero) is 1. The molecule has 0 aliphatic carbocycles. The van der Waals surface area contributed by atoms with Gasteiger partial charge in [0.2, 0.25) is 5.91 Å². The van der Waals surface area contributed by atoms with Crippen LogP contribution in [0.5, 0.6) is 0 Å². The second kappa shape index (κ2) is 5.61. The quantitative estimate of drug-likeness (QED) is 0.775. The summed E-state index contributed by atoms with van der Waals surface area (Å²) in [6.45, 7) is 6.01. The molecule has 20 heavy (non-hydrogen) atoms. The van der Waals surface area contributed by atoms with Crippen LogP contribution in [0.1, 0.15) is 39.2 Å². The summed E-state index contributed by atoms with van der Waals surface area (Å²) in [5.41, 5.74) is 0.801. The summed E-state index contributed by atoms with van der Waals surface area (Å²) in [6, 6.07) is 9.77. The van der Waals surface area contributed by atoms with E-state index in [2.05, 4.69) is 0 Å². The van der Waals surface area contributed by atoms with Crippen molar-refractivity contribution in [3.63, 3.8) is 0 Å². The van der Waals surface area contributed by atoms with Crippen LogP contribution >= 0.6 is 0 Å². The highest BCUT2D eigenvalue weighted by Gasteiger charge is 2.37. The van der Waals surface area contributed by atoms with Gasteiger partial charge in [-0.05, 0) is 26.3 Å². The Kier molecular flexibility index (Phi) is 4.07. The molecule has 3 heteroatoms. The van der Waals surface area contributed by atoms with Gasteiger partial charge in [0.25, 0.3) is 0 Å². The molecule has 0 N–H and O–H groups in total. The predicted molar refractivity (Wildman–Crippen MR) is 80.1 cm³/mol. The number of hydrogen-bond acceptors (Lipinski definition) is 2. The van der Waals surface area contributed by atoms with Gasteiger partial charge in [-0.1, -0.05) is 42.5 Å². The van der Waals surface area contributed by atoms with Crippen LogP contribution in [-0.4, -0.2) is 28.2 Å². The number of carbonyl (C=O) groups excluding carboxylic acids is 2. The van der Waals surface area contributed by atoms with E-state index in [0.29, 0.717) is 6.42 Å². The van der Waals surface area contributed by atoms with E-state index in [1.807, 2.05) is 68.2 Å². The normalized spacial score (nSPS) is 20.8. The first kappa shape index (κ1) is 14.5. The molecule has 0 spiro atoms. The van der Waals surface area contributed by atoms with Crippen LogP contribution in [0.4, 0.5) is 0 Å². The Bertz CT molecular complexity index is 526. The Morgan fingerprint density at radius 1 is 1.15 bits per heavy atom. The van der Waals surface area contributed by atoms with Crippen molar-refractivity contribution in [3.05, 3.63) is 42.0 Å². The summed E-state index contributed by atoms with van der Waals surface area (Å²) in [6.07, 6.45) is 4.39. The molecule has 1 amide bonds. The SMILES string of the molecule is CC(C)(C)N1C(=O)CC(=O)C[C@H]1/C=C/c1ccccc1. The number of piperidine rings is 1. The van der Waals surface area contributed by atoms with Crippen molar-refractivity contribution in [2.75, 3.05) is 0 Å². The molecule has 1 aliphatic heterocycles. The van der Waals surface area contributed by atoms with Gasteiger partial charge in [-0.2, -0.15) is 0 Å². The van der Waals surface area contributed by atoms with Crippen molar-refractivity contribution >= 4 is 17.8 Å². The smallest absolute Gasteiger partial charge is 0.230 e. The maximum atomic E-state index is 12.1. The third kappa shape index (κ3) is 3.35. The largest absolute Gasteiger partial charge is 0.331 e. The Morgan fingerprint density at radius 3 is 2.40 bits per heavy atom. The molecule has 0 radical (unpaired) electrons. The number of benzene rings is 1. The fourth-order valence-electron chi connectivity index (χ4n) is 2.65. The highest BCUT2D eigenvalue weighted by Crippen LogP contribution is 2.26. The van der Waals surface area contributed by atoms with Gasteiger partial charge in [0.15, 0.2) is 0 Å². The maximum absolute atomic E-state index is 12.1. The molecule has 1 saturated heterocycles. The third-order valence-corrected chi connectivity index (χ3v) is 3.42. The molecule has 0 aromatic heterocycles. The van der Waals surface area contributed by atoms with E-state index in [0.717, 1.165) is 5.56 Å². The summed E-state index contributed by atoms with van der Waals surface area (Å²) < 4.78 is 0. The molecule has 106 valence electrons. The highest BCUT2D eigenvalue weighted by atomic mass is 16.2. The van der Waals surface area contributed by atoms with Gasteiger partial charge in [-0.15, -0.1) is 0 Å². The molecule has 2 rings (SSSR count). The zero-order chi connectivity index (χ0) is 14.8. The standard InChI is InChI=1S/C17H21NO2/c1-17(2,3)18-14(11-15(19)12-16(18)20)10-9-13-7-5-4-6-8-13/h4-10,14H,11-12H2,1-3H3/b10-9+/t14-/m1/s1. The second-order valence-electron chi connectivity index (χ2n) is 6.19. The summed E-state index contributed by atoms with van der Waals surface area (Å²) in [7, 11) is 0. The lowest BCUT2D eigenvalue weighted by Gasteiger charge is -2.43. The first-order valence-corrected chi connectivity index (χ1v) is 6.95. The van der Waals surface area contributed by atoms with Crippen LogP contribution in [0.2, 0.25) is 0 Å². The van der Waals surface area contributed by atoms with Gasteiger partial charge in [-0.25, -0.2) is 0 Å². The van der Waals surface area contributed by atoms with Crippen molar-refractivity contribution in [2.24, 2.45) is 0 Å². The molecule has 1 fully saturated rings. The van der Waals surface area contributed by atoms with Crippen LogP contribution in [0.25, 0.3) is 6.08 Å². The summed E-state index contributed by atoms with van der Waals surface area (Å²) >= 11 is 0. The number of carbonyl (C=O) groups is 2. The van der Waals surface area contributed by atoms with Gasteiger partial charge in [0, 0.05) is 12.0 Å². The summed E-state index contributed by atoms with van der Waals surface area (Å²) in [4.78, 5) is 25.7. The molecule has 1 heterocycles. The average Bonchev–Trinajstić information content (AvgIpc) is 2.35. The van der Waals surface area contributed by atoms with Gasteiger partial charge in [0.1, 0.15) is 5.78 Å². The monoisotopic (exact) mass is 271 g/mol. The number of ketones is 1. The van der Waals surface area contributed by atoms with Gasteiger partial charge < -0.3 is 4.90 Å². The molecule has 1 aromatic carbocycles. The van der Waals surface area contributed by atoms with Crippen LogP contribution in [0, 0.1) is 0 Å². The minimum Gasteiger partial charge on any atom is -0.331 e. The van der Waals surface area contributed by atoms with E-state index in [-0.39, 0.29) is 29.7 Å². The lowest BCUT2D eigenvalue weighted by atomic mass is 9.92. The van der Waals surface area contributed by atoms with Crippen LogP contribution in [0.15, 0.2) is 36.4 Å². The molecule has 1 aliphatic rings. The van der Waals surface area contributed by atoms with Gasteiger partial charge in [0.05, 0.1) is 12.5 Å². The van der Waals surface area contributed by atoms with Crippen LogP contribution < -0.4 is 0 Å². The molecule has 1 atom stereocenters. The van der Waals surface area contributed by atoms with E-state index in [1.54, 1.807) is 0 Å². The predicted octanol–water partition coefficient (Wildman–Crippen LogP) is 3.06. The second-order valence-corrected chi connectivity index (χ2v) is 6.19. The maximum Gasteiger partial charge on any atom is 0.230 e. The fraction of sp³-hybridized carbons (Fsp3) is 0.412. The minimum atomic E-state index is -0.274. The van der Waals surface area contributed by atoms with E-state index in [1.165, 1.54) is 0 Å². The Morgan fingerprint density at radius 2 is 1.80 bits per heavy atom. The van der Waals surface area contributed by atoms with Crippen molar-refractivity contribution in [3.8, 4) is 0 Å². The molecule has 1 aromatic rings. The summed E-state index contributed by atoms with van der Waals surface area (Å²) in [5, 5.41) is 0.